The standard InChI is InChI=1S/C34H40N4O7S/c1-45-25-8-10-26-23(18-25)17-24(32(40)36-13-15-37(16-14-36)33(41)34(42)11-12-34)20-38-28-19-22(31(39)35-46(43)44)7-9-27(28)29(30(26)38)21-5-3-2-4-6-21/h7-10,18-19,21,24,42H,2-6,11-17,20H2,1H3,(H,35,39)(H,43,44)/p-1. The van der Waals surface area contributed by atoms with Gasteiger partial charge in [0.25, 0.3) is 11.8 Å². The second-order valence-electron chi connectivity index (χ2n) is 13.2. The summed E-state index contributed by atoms with van der Waals surface area (Å²) in [5.74, 6) is -0.355. The molecule has 2 unspecified atom stereocenters. The first-order valence-corrected chi connectivity index (χ1v) is 17.3. The van der Waals surface area contributed by atoms with E-state index in [-0.39, 0.29) is 17.4 Å². The quantitative estimate of drug-likeness (QED) is 0.391. The summed E-state index contributed by atoms with van der Waals surface area (Å²) < 4.78 is 32.3. The van der Waals surface area contributed by atoms with Crippen molar-refractivity contribution >= 4 is 39.9 Å². The molecule has 2 saturated carbocycles. The van der Waals surface area contributed by atoms with E-state index in [9.17, 15) is 28.3 Å². The molecule has 0 spiro atoms. The molecule has 46 heavy (non-hydrogen) atoms. The van der Waals surface area contributed by atoms with E-state index in [2.05, 4.69) is 10.6 Å². The molecule has 12 heteroatoms. The van der Waals surface area contributed by atoms with Crippen LogP contribution in [-0.4, -0.2) is 84.8 Å². The highest BCUT2D eigenvalue weighted by molar-refractivity contribution is 7.77. The summed E-state index contributed by atoms with van der Waals surface area (Å²) in [6.45, 7) is 1.93. The summed E-state index contributed by atoms with van der Waals surface area (Å²) in [6, 6.07) is 11.4. The van der Waals surface area contributed by atoms with E-state index in [0.717, 1.165) is 53.4 Å². The number of piperazine rings is 1. The Morgan fingerprint density at radius 3 is 2.39 bits per heavy atom. The molecule has 2 aromatic carbocycles. The van der Waals surface area contributed by atoms with Crippen LogP contribution in [-0.2, 0) is 33.8 Å². The Hall–Kier alpha value is -3.74. The number of carbonyl (C=O) groups excluding carboxylic acids is 3. The van der Waals surface area contributed by atoms with Crippen LogP contribution in [0.25, 0.3) is 22.2 Å². The van der Waals surface area contributed by atoms with Gasteiger partial charge < -0.3 is 28.8 Å². The Labute approximate surface area is 270 Å². The molecule has 0 radical (unpaired) electrons. The van der Waals surface area contributed by atoms with Crippen LogP contribution in [0.5, 0.6) is 5.75 Å². The number of nitrogens with one attached hydrogen (secondary N) is 1. The number of hydrogen-bond donors (Lipinski definition) is 2. The van der Waals surface area contributed by atoms with Crippen LogP contribution >= 0.6 is 0 Å². The highest BCUT2D eigenvalue weighted by atomic mass is 32.2. The zero-order chi connectivity index (χ0) is 32.2. The van der Waals surface area contributed by atoms with Gasteiger partial charge in [-0.3, -0.25) is 23.3 Å². The zero-order valence-electron chi connectivity index (χ0n) is 26.0. The normalized spacial score (nSPS) is 21.6. The van der Waals surface area contributed by atoms with Crippen molar-refractivity contribution in [3.05, 3.63) is 53.1 Å². The second kappa shape index (κ2) is 12.1. The first-order valence-electron chi connectivity index (χ1n) is 16.2. The number of amides is 3. The molecule has 3 aromatic rings. The van der Waals surface area contributed by atoms with Crippen LogP contribution in [0.3, 0.4) is 0 Å². The van der Waals surface area contributed by atoms with E-state index in [4.69, 9.17) is 4.74 Å². The number of fused-ring (bicyclic) bond motifs is 5. The van der Waals surface area contributed by atoms with Crippen molar-refractivity contribution in [1.29, 1.82) is 0 Å². The summed E-state index contributed by atoms with van der Waals surface area (Å²) >= 11 is -2.75. The summed E-state index contributed by atoms with van der Waals surface area (Å²) in [5.41, 5.74) is 4.12. The van der Waals surface area contributed by atoms with Gasteiger partial charge in [0.2, 0.25) is 5.91 Å². The first kappa shape index (κ1) is 30.9. The topological polar surface area (TPSA) is 144 Å². The van der Waals surface area contributed by atoms with Gasteiger partial charge >= 0.3 is 0 Å². The SMILES string of the molecule is COc1ccc2c(c1)CC(C(=O)N1CCN(C(=O)C3(O)CC3)CC1)Cn1c-2c(C2CCCCC2)c2ccc(C(=O)NS(=O)[O-])cc21. The predicted molar refractivity (Wildman–Crippen MR) is 171 cm³/mol. The number of aromatic nitrogens is 1. The zero-order valence-corrected chi connectivity index (χ0v) is 26.8. The van der Waals surface area contributed by atoms with Crippen molar-refractivity contribution in [3.8, 4) is 17.0 Å². The molecule has 7 rings (SSSR count). The Morgan fingerprint density at radius 2 is 1.72 bits per heavy atom. The number of benzene rings is 2. The summed E-state index contributed by atoms with van der Waals surface area (Å²) in [7, 11) is 1.63. The number of methoxy groups -OCH3 is 1. The lowest BCUT2D eigenvalue weighted by atomic mass is 9.81. The number of rotatable bonds is 6. The third kappa shape index (κ3) is 5.60. The van der Waals surface area contributed by atoms with Gasteiger partial charge in [-0.25, -0.2) is 0 Å². The van der Waals surface area contributed by atoms with Gasteiger partial charge in [-0.05, 0) is 79.5 Å². The lowest BCUT2D eigenvalue weighted by Crippen LogP contribution is -2.54. The van der Waals surface area contributed by atoms with E-state index in [1.165, 1.54) is 12.0 Å². The highest BCUT2D eigenvalue weighted by Crippen LogP contribution is 2.47. The van der Waals surface area contributed by atoms with E-state index in [1.807, 2.05) is 27.8 Å². The van der Waals surface area contributed by atoms with E-state index < -0.39 is 28.7 Å². The largest absolute Gasteiger partial charge is 0.755 e. The second-order valence-corrected chi connectivity index (χ2v) is 13.9. The van der Waals surface area contributed by atoms with Crippen molar-refractivity contribution in [3.63, 3.8) is 0 Å². The van der Waals surface area contributed by atoms with E-state index >= 15 is 0 Å². The molecule has 4 aliphatic rings. The van der Waals surface area contributed by atoms with Gasteiger partial charge in [-0.1, -0.05) is 25.3 Å². The molecule has 3 amide bonds. The molecule has 0 bridgehead atoms. The smallest absolute Gasteiger partial charge is 0.262 e. The average molecular weight is 648 g/mol. The number of aliphatic hydroxyl groups is 1. The van der Waals surface area contributed by atoms with Crippen LogP contribution in [0.15, 0.2) is 36.4 Å². The summed E-state index contributed by atoms with van der Waals surface area (Å²) in [6.07, 6.45) is 7.04. The van der Waals surface area contributed by atoms with Crippen molar-refractivity contribution in [2.24, 2.45) is 5.92 Å². The third-order valence-corrected chi connectivity index (χ3v) is 10.7. The van der Waals surface area contributed by atoms with Gasteiger partial charge in [0.1, 0.15) is 11.4 Å². The molecule has 3 heterocycles. The van der Waals surface area contributed by atoms with Gasteiger partial charge in [-0.15, -0.1) is 0 Å². The molecule has 2 N–H and O–H groups in total. The van der Waals surface area contributed by atoms with Crippen molar-refractivity contribution < 1.29 is 33.0 Å². The Morgan fingerprint density at radius 1 is 1.00 bits per heavy atom. The maximum absolute atomic E-state index is 14.3. The molecule has 2 aliphatic heterocycles. The Kier molecular flexibility index (Phi) is 8.14. The van der Waals surface area contributed by atoms with Gasteiger partial charge in [-0.2, -0.15) is 0 Å². The first-order chi connectivity index (χ1) is 22.2. The summed E-state index contributed by atoms with van der Waals surface area (Å²) in [5, 5.41) is 11.3. The van der Waals surface area contributed by atoms with Crippen LogP contribution < -0.4 is 9.46 Å². The molecule has 2 aliphatic carbocycles. The molecule has 11 nitrogen and oxygen atoms in total. The lowest BCUT2D eigenvalue weighted by molar-refractivity contribution is -0.148. The molecule has 244 valence electrons. The number of nitrogens with zero attached hydrogens (tertiary/aromatic N) is 3. The number of carbonyl (C=O) groups is 3. The highest BCUT2D eigenvalue weighted by Gasteiger charge is 2.50. The Balaban J connectivity index is 1.31. The predicted octanol–water partition coefficient (Wildman–Crippen LogP) is 3.26. The van der Waals surface area contributed by atoms with Crippen LogP contribution in [0, 0.1) is 5.92 Å². The molecular weight excluding hydrogens is 608 g/mol. The van der Waals surface area contributed by atoms with Crippen molar-refractivity contribution in [1.82, 2.24) is 19.1 Å². The van der Waals surface area contributed by atoms with E-state index in [1.54, 1.807) is 24.1 Å². The molecular formula is C34H39N4O7S-. The maximum atomic E-state index is 14.3. The number of hydrogen-bond acceptors (Lipinski definition) is 7. The fourth-order valence-electron chi connectivity index (χ4n) is 7.76. The van der Waals surface area contributed by atoms with Crippen LogP contribution in [0.1, 0.15) is 72.3 Å². The van der Waals surface area contributed by atoms with Gasteiger partial charge in [0.05, 0.1) is 18.7 Å². The fourth-order valence-corrected chi connectivity index (χ4v) is 8.03. The van der Waals surface area contributed by atoms with Crippen molar-refractivity contribution in [2.75, 3.05) is 33.3 Å². The lowest BCUT2D eigenvalue weighted by Gasteiger charge is -2.37. The summed E-state index contributed by atoms with van der Waals surface area (Å²) in [4.78, 5) is 43.3. The molecule has 3 fully saturated rings. The minimum Gasteiger partial charge on any atom is -0.755 e. The van der Waals surface area contributed by atoms with Gasteiger partial charge in [0.15, 0.2) is 0 Å². The maximum Gasteiger partial charge on any atom is 0.262 e. The van der Waals surface area contributed by atoms with Gasteiger partial charge in [0, 0.05) is 66.0 Å². The fraction of sp³-hybridized carbons (Fsp3) is 0.500. The van der Waals surface area contributed by atoms with Crippen LogP contribution in [0.2, 0.25) is 0 Å². The molecule has 1 aromatic heterocycles. The Bertz CT molecular complexity index is 1730. The van der Waals surface area contributed by atoms with E-state index in [0.29, 0.717) is 63.7 Å². The third-order valence-electron chi connectivity index (χ3n) is 10.3. The van der Waals surface area contributed by atoms with Crippen LogP contribution in [0.4, 0.5) is 0 Å². The average Bonchev–Trinajstić information content (AvgIpc) is 3.78. The molecule has 2 atom stereocenters. The number of ether oxygens (including phenoxy) is 1. The monoisotopic (exact) mass is 647 g/mol. The van der Waals surface area contributed by atoms with Crippen molar-refractivity contribution in [2.45, 2.75) is 69.4 Å². The molecule has 1 saturated heterocycles. The minimum absolute atomic E-state index is 0.00410. The minimum atomic E-state index is -2.75.